The van der Waals surface area contributed by atoms with Gasteiger partial charge in [-0.3, -0.25) is 14.0 Å². The maximum absolute atomic E-state index is 13.4. The molecule has 0 unspecified atom stereocenters. The lowest BCUT2D eigenvalue weighted by atomic mass is 10.0. The van der Waals surface area contributed by atoms with Crippen molar-refractivity contribution in [2.45, 2.75) is 44.6 Å². The zero-order valence-electron chi connectivity index (χ0n) is 16.0. The van der Waals surface area contributed by atoms with Crippen molar-refractivity contribution in [2.24, 2.45) is 17.3 Å². The Kier molecular flexibility index (Phi) is 3.41. The van der Waals surface area contributed by atoms with Gasteiger partial charge in [-0.15, -0.1) is 0 Å². The van der Waals surface area contributed by atoms with E-state index in [0.29, 0.717) is 29.9 Å². The zero-order valence-corrected chi connectivity index (χ0v) is 16.0. The summed E-state index contributed by atoms with van der Waals surface area (Å²) in [5.41, 5.74) is 0.552. The quantitative estimate of drug-likeness (QED) is 0.800. The minimum absolute atomic E-state index is 0.132. The SMILES string of the molecule is O=C([C@H]1CC2(CC2)CN1C(=O)c1cn2cccnc2n1)N1C[C@H]2CCC[C@H]2C1. The monoisotopic (exact) mass is 379 g/mol. The molecule has 4 fully saturated rings. The van der Waals surface area contributed by atoms with Gasteiger partial charge in [-0.2, -0.15) is 0 Å². The van der Waals surface area contributed by atoms with E-state index in [9.17, 15) is 9.59 Å². The standard InChI is InChI=1S/C21H25N5O2/c27-18(16-12-24-8-2-7-22-20(24)23-16)26-13-21(5-6-21)9-17(26)19(28)25-10-14-3-1-4-15(14)11-25/h2,7-8,12,14-15,17H,1,3-6,9-11,13H2/t14-,15+,17-/m1/s1. The summed E-state index contributed by atoms with van der Waals surface area (Å²) < 4.78 is 1.76. The van der Waals surface area contributed by atoms with Crippen molar-refractivity contribution in [3.8, 4) is 0 Å². The summed E-state index contributed by atoms with van der Waals surface area (Å²) in [5, 5.41) is 0. The molecule has 2 aromatic rings. The van der Waals surface area contributed by atoms with E-state index in [1.807, 2.05) is 22.1 Å². The first-order chi connectivity index (χ1) is 13.6. The minimum atomic E-state index is -0.327. The van der Waals surface area contributed by atoms with Gasteiger partial charge in [0.05, 0.1) is 0 Å². The Bertz CT molecular complexity index is 920. The van der Waals surface area contributed by atoms with E-state index in [1.165, 1.54) is 19.3 Å². The predicted octanol–water partition coefficient (Wildman–Crippen LogP) is 1.98. The molecular formula is C21H25N5O2. The van der Waals surface area contributed by atoms with Crippen LogP contribution in [-0.2, 0) is 4.79 Å². The Morgan fingerprint density at radius 1 is 1.14 bits per heavy atom. The lowest BCUT2D eigenvalue weighted by molar-refractivity contribution is -0.134. The van der Waals surface area contributed by atoms with Crippen LogP contribution in [0.1, 0.15) is 49.0 Å². The van der Waals surface area contributed by atoms with Crippen molar-refractivity contribution in [3.05, 3.63) is 30.4 Å². The highest BCUT2D eigenvalue weighted by Crippen LogP contribution is 2.55. The Morgan fingerprint density at radius 2 is 1.93 bits per heavy atom. The number of carbonyl (C=O) groups is 2. The highest BCUT2D eigenvalue weighted by atomic mass is 16.2. The van der Waals surface area contributed by atoms with Crippen LogP contribution in [0.25, 0.3) is 5.78 Å². The maximum Gasteiger partial charge on any atom is 0.274 e. The molecule has 0 bridgehead atoms. The summed E-state index contributed by atoms with van der Waals surface area (Å²) >= 11 is 0. The zero-order chi connectivity index (χ0) is 18.9. The van der Waals surface area contributed by atoms with Crippen molar-refractivity contribution in [3.63, 3.8) is 0 Å². The summed E-state index contributed by atoms with van der Waals surface area (Å²) in [5.74, 6) is 1.89. The van der Waals surface area contributed by atoms with Crippen LogP contribution in [-0.4, -0.2) is 61.7 Å². The third-order valence-corrected chi connectivity index (χ3v) is 7.50. The maximum atomic E-state index is 13.4. The van der Waals surface area contributed by atoms with Gasteiger partial charge >= 0.3 is 0 Å². The minimum Gasteiger partial charge on any atom is -0.340 e. The lowest BCUT2D eigenvalue weighted by Crippen LogP contribution is -2.47. The number of carbonyl (C=O) groups excluding carboxylic acids is 2. The van der Waals surface area contributed by atoms with E-state index in [-0.39, 0.29) is 23.3 Å². The number of rotatable bonds is 2. The van der Waals surface area contributed by atoms with E-state index >= 15 is 0 Å². The van der Waals surface area contributed by atoms with Gasteiger partial charge in [0, 0.05) is 38.2 Å². The van der Waals surface area contributed by atoms with Crippen LogP contribution in [0, 0.1) is 17.3 Å². The Labute approximate surface area is 163 Å². The second kappa shape index (κ2) is 5.78. The summed E-state index contributed by atoms with van der Waals surface area (Å²) in [6.07, 6.45) is 12.1. The molecule has 1 spiro atoms. The largest absolute Gasteiger partial charge is 0.340 e. The molecular weight excluding hydrogens is 354 g/mol. The van der Waals surface area contributed by atoms with Gasteiger partial charge in [0.1, 0.15) is 11.7 Å². The van der Waals surface area contributed by atoms with Crippen LogP contribution in [0.3, 0.4) is 0 Å². The highest BCUT2D eigenvalue weighted by molar-refractivity contribution is 5.97. The molecule has 7 heteroatoms. The molecule has 3 atom stereocenters. The molecule has 2 saturated heterocycles. The van der Waals surface area contributed by atoms with Gasteiger partial charge in [0.15, 0.2) is 0 Å². The van der Waals surface area contributed by atoms with E-state index in [4.69, 9.17) is 0 Å². The van der Waals surface area contributed by atoms with Gasteiger partial charge < -0.3 is 9.80 Å². The normalized spacial score (nSPS) is 30.4. The molecule has 7 nitrogen and oxygen atoms in total. The fraction of sp³-hybridized carbons (Fsp3) is 0.619. The van der Waals surface area contributed by atoms with Gasteiger partial charge in [-0.05, 0) is 55.4 Å². The molecule has 0 N–H and O–H groups in total. The number of fused-ring (bicyclic) bond motifs is 2. The molecule has 2 aliphatic carbocycles. The molecule has 28 heavy (non-hydrogen) atoms. The molecule has 2 aromatic heterocycles. The van der Waals surface area contributed by atoms with E-state index in [0.717, 1.165) is 32.4 Å². The summed E-state index contributed by atoms with van der Waals surface area (Å²) in [4.78, 5) is 39.2. The first kappa shape index (κ1) is 16.5. The first-order valence-electron chi connectivity index (χ1n) is 10.5. The fourth-order valence-electron chi connectivity index (χ4n) is 5.74. The van der Waals surface area contributed by atoms with Crippen molar-refractivity contribution in [2.75, 3.05) is 19.6 Å². The van der Waals surface area contributed by atoms with Crippen LogP contribution in [0.4, 0.5) is 0 Å². The van der Waals surface area contributed by atoms with Gasteiger partial charge in [0.2, 0.25) is 11.7 Å². The van der Waals surface area contributed by atoms with Gasteiger partial charge in [-0.25, -0.2) is 9.97 Å². The van der Waals surface area contributed by atoms with E-state index in [2.05, 4.69) is 9.97 Å². The average molecular weight is 379 g/mol. The summed E-state index contributed by atoms with van der Waals surface area (Å²) in [6, 6.07) is 1.49. The number of nitrogens with zero attached hydrogens (tertiary/aromatic N) is 5. The van der Waals surface area contributed by atoms with Crippen LogP contribution < -0.4 is 0 Å². The van der Waals surface area contributed by atoms with Crippen LogP contribution in [0.2, 0.25) is 0 Å². The number of hydrogen-bond donors (Lipinski definition) is 0. The molecule has 4 heterocycles. The molecule has 2 aliphatic heterocycles. The van der Waals surface area contributed by atoms with E-state index < -0.39 is 0 Å². The number of imidazole rings is 1. The van der Waals surface area contributed by atoms with Crippen molar-refractivity contribution < 1.29 is 9.59 Å². The van der Waals surface area contributed by atoms with Crippen LogP contribution >= 0.6 is 0 Å². The third kappa shape index (κ3) is 2.48. The number of hydrogen-bond acceptors (Lipinski definition) is 4. The van der Waals surface area contributed by atoms with Crippen molar-refractivity contribution in [1.82, 2.24) is 24.2 Å². The topological polar surface area (TPSA) is 70.8 Å². The molecule has 0 radical (unpaired) electrons. The number of likely N-dealkylation sites (tertiary alicyclic amines) is 2. The van der Waals surface area contributed by atoms with Gasteiger partial charge in [0.25, 0.3) is 5.91 Å². The van der Waals surface area contributed by atoms with Gasteiger partial charge in [-0.1, -0.05) is 6.42 Å². The first-order valence-corrected chi connectivity index (χ1v) is 10.5. The smallest absolute Gasteiger partial charge is 0.274 e. The fourth-order valence-corrected chi connectivity index (χ4v) is 5.74. The summed E-state index contributed by atoms with van der Waals surface area (Å²) in [7, 11) is 0. The molecule has 2 amide bonds. The molecule has 6 rings (SSSR count). The predicted molar refractivity (Wildman–Crippen MR) is 102 cm³/mol. The molecule has 2 saturated carbocycles. The second-order valence-electron chi connectivity index (χ2n) is 9.30. The summed E-state index contributed by atoms with van der Waals surface area (Å²) in [6.45, 7) is 2.45. The van der Waals surface area contributed by atoms with Crippen molar-refractivity contribution in [1.29, 1.82) is 0 Å². The lowest BCUT2D eigenvalue weighted by Gasteiger charge is -2.27. The third-order valence-electron chi connectivity index (χ3n) is 7.50. The number of aromatic nitrogens is 3. The van der Waals surface area contributed by atoms with Crippen LogP contribution in [0.15, 0.2) is 24.7 Å². The van der Waals surface area contributed by atoms with E-state index in [1.54, 1.807) is 16.8 Å². The Hall–Kier alpha value is -2.44. The Balaban J connectivity index is 1.27. The number of amides is 2. The molecule has 4 aliphatic rings. The highest BCUT2D eigenvalue weighted by Gasteiger charge is 2.56. The second-order valence-corrected chi connectivity index (χ2v) is 9.30. The molecule has 0 aromatic carbocycles. The molecule has 146 valence electrons. The van der Waals surface area contributed by atoms with Crippen LogP contribution in [0.5, 0.6) is 0 Å². The van der Waals surface area contributed by atoms with Crippen molar-refractivity contribution >= 4 is 17.6 Å². The average Bonchev–Trinajstić information content (AvgIpc) is 3.12. The Morgan fingerprint density at radius 3 is 2.64 bits per heavy atom.